The van der Waals surface area contributed by atoms with E-state index in [1.54, 1.807) is 0 Å². The first-order chi connectivity index (χ1) is 13.8. The van der Waals surface area contributed by atoms with Crippen molar-refractivity contribution in [1.82, 2.24) is 4.98 Å². The maximum atomic E-state index is 4.70. The van der Waals surface area contributed by atoms with E-state index in [4.69, 9.17) is 4.98 Å². The van der Waals surface area contributed by atoms with Crippen LogP contribution in [0.1, 0.15) is 30.9 Å². The van der Waals surface area contributed by atoms with E-state index in [1.807, 2.05) is 25.5 Å². The minimum Gasteiger partial charge on any atom is -0.366 e. The van der Waals surface area contributed by atoms with Gasteiger partial charge in [0.05, 0.1) is 0 Å². The lowest BCUT2D eigenvalue weighted by atomic mass is 9.93. The maximum Gasteiger partial charge on any atom is 0.134 e. The number of aromatic nitrogens is 1. The van der Waals surface area contributed by atoms with Crippen molar-refractivity contribution in [3.63, 3.8) is 0 Å². The number of fused-ring (bicyclic) bond motifs is 1. The molecule has 0 fully saturated rings. The molecule has 0 radical (unpaired) electrons. The molecule has 0 amide bonds. The summed E-state index contributed by atoms with van der Waals surface area (Å²) < 4.78 is 0. The van der Waals surface area contributed by atoms with Gasteiger partial charge in [0.1, 0.15) is 11.7 Å². The zero-order valence-corrected chi connectivity index (χ0v) is 16.3. The van der Waals surface area contributed by atoms with E-state index >= 15 is 0 Å². The van der Waals surface area contributed by atoms with Gasteiger partial charge in [-0.3, -0.25) is 0 Å². The topological polar surface area (TPSA) is 49.6 Å². The summed E-state index contributed by atoms with van der Waals surface area (Å²) in [5, 5.41) is 3.38. The number of allylic oxidation sites excluding steroid dienone is 4. The summed E-state index contributed by atoms with van der Waals surface area (Å²) >= 11 is 0. The molecular formula is C24H24N4. The summed E-state index contributed by atoms with van der Waals surface area (Å²) in [6, 6.07) is 10.6. The van der Waals surface area contributed by atoms with E-state index in [0.29, 0.717) is 0 Å². The number of anilines is 1. The molecule has 0 aliphatic carbocycles. The number of pyridine rings is 1. The molecule has 0 saturated carbocycles. The molecule has 1 aromatic heterocycles. The molecule has 0 unspecified atom stereocenters. The van der Waals surface area contributed by atoms with Gasteiger partial charge in [0.15, 0.2) is 0 Å². The Labute approximate surface area is 166 Å². The van der Waals surface area contributed by atoms with Crippen molar-refractivity contribution in [3.05, 3.63) is 77.7 Å². The molecule has 3 heterocycles. The molecule has 0 spiro atoms. The molecule has 2 aliphatic heterocycles. The maximum absolute atomic E-state index is 4.70. The number of amidine groups is 1. The fourth-order valence-electron chi connectivity index (χ4n) is 3.52. The van der Waals surface area contributed by atoms with Gasteiger partial charge in [0.2, 0.25) is 0 Å². The van der Waals surface area contributed by atoms with Gasteiger partial charge in [-0.1, -0.05) is 42.5 Å². The monoisotopic (exact) mass is 368 g/mol. The average Bonchev–Trinajstić information content (AvgIpc) is 2.75. The van der Waals surface area contributed by atoms with Crippen LogP contribution in [0.15, 0.2) is 76.5 Å². The largest absolute Gasteiger partial charge is 0.366 e. The lowest BCUT2D eigenvalue weighted by Crippen LogP contribution is -2.12. The lowest BCUT2D eigenvalue weighted by molar-refractivity contribution is 1.05. The van der Waals surface area contributed by atoms with Crippen LogP contribution in [0, 0.1) is 6.92 Å². The summed E-state index contributed by atoms with van der Waals surface area (Å²) in [5.41, 5.74) is 6.94. The van der Waals surface area contributed by atoms with E-state index < -0.39 is 0 Å². The van der Waals surface area contributed by atoms with Gasteiger partial charge in [-0.15, -0.1) is 0 Å². The highest BCUT2D eigenvalue weighted by atomic mass is 15.0. The number of aryl methyl sites for hydroxylation is 1. The molecule has 0 bridgehead atoms. The first-order valence-corrected chi connectivity index (χ1v) is 9.69. The molecule has 4 rings (SSSR count). The molecule has 2 aromatic rings. The zero-order valence-electron chi connectivity index (χ0n) is 16.3. The highest BCUT2D eigenvalue weighted by Crippen LogP contribution is 2.34. The summed E-state index contributed by atoms with van der Waals surface area (Å²) in [6.07, 6.45) is 14.0. The number of aliphatic imine (C=N–C) groups is 2. The van der Waals surface area contributed by atoms with Crippen LogP contribution < -0.4 is 5.32 Å². The first-order valence-electron chi connectivity index (χ1n) is 9.69. The SMILES string of the molecule is C/C=C(\C=NC1=NC=CCC1)C1=CCNc2ncc(-c3ccccc3C)cc21. The summed E-state index contributed by atoms with van der Waals surface area (Å²) in [6.45, 7) is 4.94. The predicted molar refractivity (Wildman–Crippen MR) is 119 cm³/mol. The number of nitrogens with one attached hydrogen (secondary N) is 1. The molecule has 1 N–H and O–H groups in total. The summed E-state index contributed by atoms with van der Waals surface area (Å²) in [4.78, 5) is 13.7. The Morgan fingerprint density at radius 1 is 1.21 bits per heavy atom. The van der Waals surface area contributed by atoms with Crippen molar-refractivity contribution in [1.29, 1.82) is 0 Å². The smallest absolute Gasteiger partial charge is 0.134 e. The van der Waals surface area contributed by atoms with Gasteiger partial charge in [0, 0.05) is 42.7 Å². The summed E-state index contributed by atoms with van der Waals surface area (Å²) in [5.74, 6) is 1.80. The molecule has 4 heteroatoms. The van der Waals surface area contributed by atoms with Crippen LogP contribution in [0.5, 0.6) is 0 Å². The molecule has 4 nitrogen and oxygen atoms in total. The van der Waals surface area contributed by atoms with Gasteiger partial charge >= 0.3 is 0 Å². The van der Waals surface area contributed by atoms with Crippen LogP contribution >= 0.6 is 0 Å². The van der Waals surface area contributed by atoms with Crippen molar-refractivity contribution in [2.45, 2.75) is 26.7 Å². The molecule has 1 aromatic carbocycles. The van der Waals surface area contributed by atoms with Gasteiger partial charge in [-0.2, -0.15) is 0 Å². The quantitative estimate of drug-likeness (QED) is 0.718. The number of rotatable bonds is 3. The van der Waals surface area contributed by atoms with E-state index in [9.17, 15) is 0 Å². The molecule has 2 aliphatic rings. The minimum atomic E-state index is 0.758. The molecule has 28 heavy (non-hydrogen) atoms. The number of hydrogen-bond donors (Lipinski definition) is 1. The van der Waals surface area contributed by atoms with Crippen molar-refractivity contribution in [2.24, 2.45) is 9.98 Å². The third kappa shape index (κ3) is 3.72. The average molecular weight is 368 g/mol. The third-order valence-corrected chi connectivity index (χ3v) is 5.05. The highest BCUT2D eigenvalue weighted by molar-refractivity contribution is 6.07. The second-order valence-corrected chi connectivity index (χ2v) is 6.90. The predicted octanol–water partition coefficient (Wildman–Crippen LogP) is 5.59. The van der Waals surface area contributed by atoms with Crippen LogP contribution in [0.4, 0.5) is 5.82 Å². The third-order valence-electron chi connectivity index (χ3n) is 5.05. The fourth-order valence-corrected chi connectivity index (χ4v) is 3.52. The Hall–Kier alpha value is -3.27. The van der Waals surface area contributed by atoms with Gasteiger partial charge < -0.3 is 5.32 Å². The second-order valence-electron chi connectivity index (χ2n) is 6.90. The van der Waals surface area contributed by atoms with Crippen LogP contribution in [0.25, 0.3) is 16.7 Å². The Morgan fingerprint density at radius 2 is 2.11 bits per heavy atom. The van der Waals surface area contributed by atoms with E-state index in [1.165, 1.54) is 11.1 Å². The second kappa shape index (κ2) is 8.17. The number of nitrogens with zero attached hydrogens (tertiary/aromatic N) is 3. The molecule has 0 atom stereocenters. The normalized spacial score (nSPS) is 16.4. The van der Waals surface area contributed by atoms with E-state index in [0.717, 1.165) is 53.3 Å². The minimum absolute atomic E-state index is 0.758. The van der Waals surface area contributed by atoms with Gasteiger partial charge in [-0.05, 0) is 48.6 Å². The molecule has 0 saturated heterocycles. The number of benzene rings is 1. The van der Waals surface area contributed by atoms with Crippen LogP contribution in [-0.2, 0) is 0 Å². The summed E-state index contributed by atoms with van der Waals surface area (Å²) in [7, 11) is 0. The number of hydrogen-bond acceptors (Lipinski definition) is 4. The van der Waals surface area contributed by atoms with Crippen LogP contribution in [-0.4, -0.2) is 23.6 Å². The zero-order chi connectivity index (χ0) is 19.3. The van der Waals surface area contributed by atoms with E-state index in [2.05, 4.69) is 70.8 Å². The standard InChI is InChI=1S/C24H24N4/c1-3-18(15-27-23-10-6-7-12-25-23)21-11-13-26-24-22(21)14-19(16-28-24)20-9-5-4-8-17(20)2/h3-5,7-9,11-12,14-16H,6,10,13H2,1-2H3,(H,26,28)/b18-3+,27-15?. The van der Waals surface area contributed by atoms with Gasteiger partial charge in [0.25, 0.3) is 0 Å². The molecule has 140 valence electrons. The Bertz CT molecular complexity index is 1040. The molecular weight excluding hydrogens is 344 g/mol. The lowest BCUT2D eigenvalue weighted by Gasteiger charge is -2.20. The van der Waals surface area contributed by atoms with Crippen molar-refractivity contribution < 1.29 is 0 Å². The Balaban J connectivity index is 1.70. The van der Waals surface area contributed by atoms with Crippen molar-refractivity contribution >= 4 is 23.4 Å². The van der Waals surface area contributed by atoms with Gasteiger partial charge in [-0.25, -0.2) is 15.0 Å². The van der Waals surface area contributed by atoms with Crippen molar-refractivity contribution in [3.8, 4) is 11.1 Å². The Morgan fingerprint density at radius 3 is 2.89 bits per heavy atom. The highest BCUT2D eigenvalue weighted by Gasteiger charge is 2.17. The fraction of sp³-hybridized carbons (Fsp3) is 0.208. The van der Waals surface area contributed by atoms with Crippen LogP contribution in [0.3, 0.4) is 0 Å². The van der Waals surface area contributed by atoms with Crippen LogP contribution in [0.2, 0.25) is 0 Å². The Kier molecular flexibility index (Phi) is 5.29. The van der Waals surface area contributed by atoms with E-state index in [-0.39, 0.29) is 0 Å². The van der Waals surface area contributed by atoms with Crippen molar-refractivity contribution in [2.75, 3.05) is 11.9 Å². The first kappa shape index (κ1) is 18.1.